The van der Waals surface area contributed by atoms with E-state index < -0.39 is 34.7 Å². The fourth-order valence-electron chi connectivity index (χ4n) is 4.33. The van der Waals surface area contributed by atoms with Crippen LogP contribution in [0.1, 0.15) is 63.6 Å². The van der Waals surface area contributed by atoms with E-state index in [2.05, 4.69) is 10.3 Å². The zero-order chi connectivity index (χ0) is 28.3. The first kappa shape index (κ1) is 29.3. The summed E-state index contributed by atoms with van der Waals surface area (Å²) >= 11 is 0. The Morgan fingerprint density at radius 3 is 2.39 bits per heavy atom. The van der Waals surface area contributed by atoms with E-state index in [1.807, 2.05) is 52.0 Å². The molecule has 208 valence electrons. The maximum absolute atomic E-state index is 13.4. The lowest BCUT2D eigenvalue weighted by Crippen LogP contribution is -2.54. The van der Waals surface area contributed by atoms with Crippen LogP contribution in [0.25, 0.3) is 0 Å². The molecule has 0 spiro atoms. The molecule has 2 heterocycles. The van der Waals surface area contributed by atoms with E-state index >= 15 is 0 Å². The number of carbonyl (C=O) groups is 2. The van der Waals surface area contributed by atoms with Crippen LogP contribution in [-0.4, -0.2) is 53.2 Å². The van der Waals surface area contributed by atoms with Crippen molar-refractivity contribution >= 4 is 12.0 Å². The average molecular weight is 536 g/mol. The van der Waals surface area contributed by atoms with Gasteiger partial charge in [0.15, 0.2) is 0 Å². The fourth-order valence-corrected chi connectivity index (χ4v) is 4.33. The van der Waals surface area contributed by atoms with Crippen LogP contribution in [0.4, 0.5) is 18.0 Å². The van der Waals surface area contributed by atoms with Gasteiger partial charge in [0, 0.05) is 31.2 Å². The topological polar surface area (TPSA) is 80.8 Å². The number of benzene rings is 1. The van der Waals surface area contributed by atoms with Crippen molar-refractivity contribution in [3.05, 3.63) is 59.3 Å². The van der Waals surface area contributed by atoms with Crippen LogP contribution in [0.3, 0.4) is 0 Å². The average Bonchev–Trinajstić information content (AvgIpc) is 2.82. The lowest BCUT2D eigenvalue weighted by molar-refractivity contribution is -0.139. The van der Waals surface area contributed by atoms with Crippen LogP contribution in [0.2, 0.25) is 0 Å². The van der Waals surface area contributed by atoms with Crippen molar-refractivity contribution in [2.75, 3.05) is 19.7 Å². The van der Waals surface area contributed by atoms with Crippen LogP contribution < -0.4 is 10.1 Å². The molecule has 1 aliphatic rings. The Labute approximate surface area is 221 Å². The number of ether oxygens (including phenoxy) is 2. The number of pyridine rings is 1. The first-order chi connectivity index (χ1) is 17.6. The number of nitrogens with zero attached hydrogens (tertiary/aromatic N) is 2. The first-order valence-corrected chi connectivity index (χ1v) is 12.6. The largest absolute Gasteiger partial charge is 0.476 e. The van der Waals surface area contributed by atoms with Gasteiger partial charge in [-0.2, -0.15) is 13.2 Å². The second-order valence-electron chi connectivity index (χ2n) is 11.3. The maximum atomic E-state index is 13.4. The van der Waals surface area contributed by atoms with Crippen LogP contribution in [-0.2, 0) is 15.7 Å². The van der Waals surface area contributed by atoms with Crippen molar-refractivity contribution in [2.45, 2.75) is 71.7 Å². The fraction of sp³-hybridized carbons (Fsp3) is 0.536. The smallest absolute Gasteiger partial charge is 0.421 e. The Hall–Kier alpha value is -3.30. The van der Waals surface area contributed by atoms with Gasteiger partial charge in [0.25, 0.3) is 0 Å². The number of aromatic nitrogens is 1. The van der Waals surface area contributed by atoms with E-state index in [1.54, 1.807) is 18.7 Å². The molecule has 0 bridgehead atoms. The minimum Gasteiger partial charge on any atom is -0.476 e. The highest BCUT2D eigenvalue weighted by Gasteiger charge is 2.40. The molecule has 7 nitrogen and oxygen atoms in total. The van der Waals surface area contributed by atoms with Gasteiger partial charge in [0.05, 0.1) is 5.41 Å². The molecule has 0 unspecified atom stereocenters. The third-order valence-corrected chi connectivity index (χ3v) is 6.43. The summed E-state index contributed by atoms with van der Waals surface area (Å²) in [6.07, 6.45) is -3.34. The van der Waals surface area contributed by atoms with Gasteiger partial charge < -0.3 is 19.7 Å². The zero-order valence-corrected chi connectivity index (χ0v) is 22.7. The molecule has 1 saturated heterocycles. The van der Waals surface area contributed by atoms with Gasteiger partial charge in [0.1, 0.15) is 17.8 Å². The lowest BCUT2D eigenvalue weighted by Gasteiger charge is -2.41. The molecular weight excluding hydrogens is 499 g/mol. The summed E-state index contributed by atoms with van der Waals surface area (Å²) in [6, 6.07) is 9.56. The van der Waals surface area contributed by atoms with Crippen molar-refractivity contribution in [3.8, 4) is 5.88 Å². The number of nitrogens with one attached hydrogen (secondary N) is 1. The van der Waals surface area contributed by atoms with Gasteiger partial charge in [0.2, 0.25) is 11.8 Å². The molecule has 3 rings (SSSR count). The minimum atomic E-state index is -4.63. The van der Waals surface area contributed by atoms with Gasteiger partial charge in [-0.05, 0) is 71.2 Å². The summed E-state index contributed by atoms with van der Waals surface area (Å²) in [5.41, 5.74) is -0.753. The molecule has 1 aromatic carbocycles. The van der Waals surface area contributed by atoms with E-state index in [-0.39, 0.29) is 24.5 Å². The molecule has 1 N–H and O–H groups in total. The van der Waals surface area contributed by atoms with Crippen molar-refractivity contribution in [1.82, 2.24) is 15.2 Å². The SMILES string of the molecule is Cc1ccccc1[C@H]1CN(C(=O)OC(C)(C)C)CC[C@@H]1NC(=O)C(C)(C)COc1ncccc1C(F)(F)F. The standard InChI is InChI=1S/C28H36F3N3O4/c1-18-10-7-8-11-19(18)20-16-34(25(36)38-26(2,3)4)15-13-22(20)33-24(35)27(5,6)17-37-23-21(28(29,30)31)12-9-14-32-23/h7-12,14,20,22H,13,15-17H2,1-6H3,(H,33,35)/t20-,22+/m1/s1. The van der Waals surface area contributed by atoms with Gasteiger partial charge in [-0.25, -0.2) is 9.78 Å². The maximum Gasteiger partial charge on any atom is 0.421 e. The van der Waals surface area contributed by atoms with Crippen LogP contribution in [0, 0.1) is 12.3 Å². The Morgan fingerprint density at radius 1 is 1.08 bits per heavy atom. The van der Waals surface area contributed by atoms with E-state index in [4.69, 9.17) is 9.47 Å². The number of likely N-dealkylation sites (tertiary alicyclic amines) is 1. The molecular formula is C28H36F3N3O4. The van der Waals surface area contributed by atoms with Gasteiger partial charge in [-0.1, -0.05) is 24.3 Å². The Morgan fingerprint density at radius 2 is 1.76 bits per heavy atom. The zero-order valence-electron chi connectivity index (χ0n) is 22.7. The van der Waals surface area contributed by atoms with E-state index in [1.165, 1.54) is 12.3 Å². The number of alkyl halides is 3. The van der Waals surface area contributed by atoms with Crippen LogP contribution >= 0.6 is 0 Å². The second kappa shape index (κ2) is 11.2. The highest BCUT2D eigenvalue weighted by atomic mass is 19.4. The van der Waals surface area contributed by atoms with Gasteiger partial charge >= 0.3 is 12.3 Å². The normalized spacial score (nSPS) is 18.6. The predicted molar refractivity (Wildman–Crippen MR) is 137 cm³/mol. The van der Waals surface area contributed by atoms with Crippen molar-refractivity contribution in [2.24, 2.45) is 5.41 Å². The summed E-state index contributed by atoms with van der Waals surface area (Å²) < 4.78 is 50.9. The summed E-state index contributed by atoms with van der Waals surface area (Å²) in [7, 11) is 0. The quantitative estimate of drug-likeness (QED) is 0.512. The number of hydrogen-bond donors (Lipinski definition) is 1. The molecule has 1 aliphatic heterocycles. The number of piperidine rings is 1. The Bertz CT molecular complexity index is 1140. The number of rotatable bonds is 6. The molecule has 1 fully saturated rings. The summed E-state index contributed by atoms with van der Waals surface area (Å²) in [5, 5.41) is 3.08. The van der Waals surface area contributed by atoms with Crippen LogP contribution in [0.5, 0.6) is 5.88 Å². The summed E-state index contributed by atoms with van der Waals surface area (Å²) in [5.74, 6) is -1.13. The molecule has 0 saturated carbocycles. The number of carbonyl (C=O) groups excluding carboxylic acids is 2. The second-order valence-corrected chi connectivity index (χ2v) is 11.3. The van der Waals surface area contributed by atoms with Crippen LogP contribution in [0.15, 0.2) is 42.6 Å². The van der Waals surface area contributed by atoms with Gasteiger partial charge in [-0.15, -0.1) is 0 Å². The number of amides is 2. The van der Waals surface area contributed by atoms with Crippen molar-refractivity contribution in [3.63, 3.8) is 0 Å². The van der Waals surface area contributed by atoms with E-state index in [9.17, 15) is 22.8 Å². The van der Waals surface area contributed by atoms with Crippen molar-refractivity contribution in [1.29, 1.82) is 0 Å². The molecule has 0 aliphatic carbocycles. The third kappa shape index (κ3) is 7.39. The number of hydrogen-bond acceptors (Lipinski definition) is 5. The number of aryl methyl sites for hydroxylation is 1. The van der Waals surface area contributed by atoms with Crippen molar-refractivity contribution < 1.29 is 32.2 Å². The highest BCUT2D eigenvalue weighted by Crippen LogP contribution is 2.36. The molecule has 2 aromatic rings. The van der Waals surface area contributed by atoms with Gasteiger partial charge in [-0.3, -0.25) is 4.79 Å². The minimum absolute atomic E-state index is 0.203. The Balaban J connectivity index is 1.76. The molecule has 10 heteroatoms. The molecule has 38 heavy (non-hydrogen) atoms. The molecule has 2 atom stereocenters. The van der Waals surface area contributed by atoms with E-state index in [0.717, 1.165) is 17.2 Å². The third-order valence-electron chi connectivity index (χ3n) is 6.43. The Kier molecular flexibility index (Phi) is 8.63. The summed E-state index contributed by atoms with van der Waals surface area (Å²) in [6.45, 7) is 11.1. The predicted octanol–water partition coefficient (Wildman–Crippen LogP) is 5.72. The first-order valence-electron chi connectivity index (χ1n) is 12.6. The number of halogens is 3. The van der Waals surface area contributed by atoms with E-state index in [0.29, 0.717) is 19.5 Å². The highest BCUT2D eigenvalue weighted by molar-refractivity contribution is 5.82. The molecule has 2 amide bonds. The molecule has 1 aromatic heterocycles. The summed E-state index contributed by atoms with van der Waals surface area (Å²) in [4.78, 5) is 31.5. The molecule has 0 radical (unpaired) electrons. The monoisotopic (exact) mass is 535 g/mol. The lowest BCUT2D eigenvalue weighted by atomic mass is 9.83.